The fraction of sp³-hybridized carbons (Fsp3) is 0.273. The van der Waals surface area contributed by atoms with Crippen LogP contribution in [0.2, 0.25) is 0 Å². The number of alkyl halides is 3. The van der Waals surface area contributed by atoms with Crippen LogP contribution in [0.1, 0.15) is 28.8 Å². The maximum Gasteiger partial charge on any atom is 0.416 e. The topological polar surface area (TPSA) is 40.9 Å². The maximum absolute atomic E-state index is 12.9. The van der Waals surface area contributed by atoms with Crippen LogP contribution in [-0.4, -0.2) is 5.78 Å². The van der Waals surface area contributed by atoms with Crippen molar-refractivity contribution in [3.05, 3.63) is 35.1 Å². The zero-order chi connectivity index (χ0) is 13.1. The minimum atomic E-state index is -4.70. The number of benzene rings is 1. The van der Waals surface area contributed by atoms with E-state index in [-0.39, 0.29) is 18.4 Å². The van der Waals surface area contributed by atoms with Gasteiger partial charge in [-0.05, 0) is 18.2 Å². The third-order valence-corrected chi connectivity index (χ3v) is 2.01. The van der Waals surface area contributed by atoms with Crippen LogP contribution >= 0.6 is 0 Å². The lowest BCUT2D eigenvalue weighted by molar-refractivity contribution is -0.137. The summed E-state index contributed by atoms with van der Waals surface area (Å²) in [5.41, 5.74) is -1.58. The van der Waals surface area contributed by atoms with E-state index in [2.05, 4.69) is 0 Å². The fourth-order valence-corrected chi connectivity index (χ4v) is 1.23. The smallest absolute Gasteiger partial charge is 0.294 e. The molecule has 90 valence electrons. The molecule has 0 aliphatic carbocycles. The molecule has 0 N–H and O–H groups in total. The van der Waals surface area contributed by atoms with E-state index in [4.69, 9.17) is 5.26 Å². The van der Waals surface area contributed by atoms with Crippen molar-refractivity contribution in [1.29, 1.82) is 5.26 Å². The number of carbonyl (C=O) groups excluding carboxylic acids is 1. The number of Topliss-reactive ketones (excluding diaryl/α,β-unsaturated/α-hetero) is 1. The first-order valence-electron chi connectivity index (χ1n) is 4.62. The van der Waals surface area contributed by atoms with Gasteiger partial charge in [0.2, 0.25) is 0 Å². The minimum absolute atomic E-state index is 0.114. The quantitative estimate of drug-likeness (QED) is 0.605. The number of halogens is 4. The predicted octanol–water partition coefficient (Wildman–Crippen LogP) is 3.33. The van der Waals surface area contributed by atoms with Crippen LogP contribution in [0.4, 0.5) is 17.6 Å². The second-order valence-corrected chi connectivity index (χ2v) is 3.31. The van der Waals surface area contributed by atoms with Gasteiger partial charge in [-0.15, -0.1) is 0 Å². The van der Waals surface area contributed by atoms with E-state index in [1.165, 1.54) is 0 Å². The predicted molar refractivity (Wildman–Crippen MR) is 50.6 cm³/mol. The molecule has 1 rings (SSSR count). The van der Waals surface area contributed by atoms with Crippen molar-refractivity contribution in [1.82, 2.24) is 0 Å². The van der Waals surface area contributed by atoms with Crippen LogP contribution in [0.25, 0.3) is 0 Å². The Balaban J connectivity index is 3.06. The SMILES string of the molecule is N#CCCC(=O)c1cc(F)cc(C(F)(F)F)c1. The van der Waals surface area contributed by atoms with Crippen LogP contribution in [0.15, 0.2) is 18.2 Å². The van der Waals surface area contributed by atoms with Gasteiger partial charge < -0.3 is 0 Å². The first-order chi connectivity index (χ1) is 7.84. The van der Waals surface area contributed by atoms with Crippen molar-refractivity contribution in [2.24, 2.45) is 0 Å². The Hall–Kier alpha value is -1.90. The summed E-state index contributed by atoms with van der Waals surface area (Å²) in [7, 11) is 0. The average molecular weight is 245 g/mol. The maximum atomic E-state index is 12.9. The number of carbonyl (C=O) groups is 1. The number of nitrogens with zero attached hydrogens (tertiary/aromatic N) is 1. The summed E-state index contributed by atoms with van der Waals surface area (Å²) in [5, 5.41) is 8.24. The molecule has 17 heavy (non-hydrogen) atoms. The van der Waals surface area contributed by atoms with Crippen molar-refractivity contribution in [2.75, 3.05) is 0 Å². The summed E-state index contributed by atoms with van der Waals surface area (Å²) in [6.45, 7) is 0. The van der Waals surface area contributed by atoms with Crippen molar-refractivity contribution in [2.45, 2.75) is 19.0 Å². The molecule has 0 fully saturated rings. The summed E-state index contributed by atoms with van der Waals surface area (Å²) in [6, 6.07) is 3.33. The molecule has 1 aromatic carbocycles. The molecule has 0 radical (unpaired) electrons. The zero-order valence-electron chi connectivity index (χ0n) is 8.51. The summed E-state index contributed by atoms with van der Waals surface area (Å²) >= 11 is 0. The second-order valence-electron chi connectivity index (χ2n) is 3.31. The van der Waals surface area contributed by atoms with E-state index >= 15 is 0 Å². The van der Waals surface area contributed by atoms with Gasteiger partial charge in [-0.3, -0.25) is 4.79 Å². The van der Waals surface area contributed by atoms with Gasteiger partial charge in [0.25, 0.3) is 0 Å². The Morgan fingerprint density at radius 1 is 1.29 bits per heavy atom. The summed E-state index contributed by atoms with van der Waals surface area (Å²) in [4.78, 5) is 11.3. The Morgan fingerprint density at radius 2 is 1.94 bits per heavy atom. The van der Waals surface area contributed by atoms with Crippen LogP contribution in [0.3, 0.4) is 0 Å². The van der Waals surface area contributed by atoms with Gasteiger partial charge in [0, 0.05) is 18.4 Å². The Morgan fingerprint density at radius 3 is 2.47 bits per heavy atom. The highest BCUT2D eigenvalue weighted by atomic mass is 19.4. The molecule has 2 nitrogen and oxygen atoms in total. The van der Waals surface area contributed by atoms with Crippen molar-refractivity contribution in [3.63, 3.8) is 0 Å². The molecule has 0 amide bonds. The van der Waals surface area contributed by atoms with Crippen LogP contribution in [0.5, 0.6) is 0 Å². The number of rotatable bonds is 3. The van der Waals surface area contributed by atoms with Gasteiger partial charge in [-0.2, -0.15) is 18.4 Å². The summed E-state index contributed by atoms with van der Waals surface area (Å²) in [6.07, 6.45) is -5.04. The van der Waals surface area contributed by atoms with Crippen LogP contribution < -0.4 is 0 Å². The normalized spacial score (nSPS) is 11.0. The summed E-state index contributed by atoms with van der Waals surface area (Å²) < 4.78 is 49.9. The van der Waals surface area contributed by atoms with Gasteiger partial charge in [-0.25, -0.2) is 4.39 Å². The molecule has 0 heterocycles. The van der Waals surface area contributed by atoms with Crippen molar-refractivity contribution < 1.29 is 22.4 Å². The summed E-state index contributed by atoms with van der Waals surface area (Å²) in [5.74, 6) is -1.81. The number of ketones is 1. The molecule has 0 bridgehead atoms. The third kappa shape index (κ3) is 3.55. The van der Waals surface area contributed by atoms with E-state index < -0.39 is 23.3 Å². The zero-order valence-corrected chi connectivity index (χ0v) is 8.51. The first-order valence-corrected chi connectivity index (χ1v) is 4.62. The molecular formula is C11H7F4NO. The van der Waals surface area contributed by atoms with Gasteiger partial charge in [0.15, 0.2) is 5.78 Å². The standard InChI is InChI=1S/C11H7F4NO/c12-9-5-7(10(17)2-1-3-16)4-8(6-9)11(13,14)15/h4-6H,1-2H2. The van der Waals surface area contributed by atoms with Crippen molar-refractivity contribution in [3.8, 4) is 6.07 Å². The van der Waals surface area contributed by atoms with Gasteiger partial charge in [-0.1, -0.05) is 0 Å². The van der Waals surface area contributed by atoms with Crippen molar-refractivity contribution >= 4 is 5.78 Å². The third-order valence-electron chi connectivity index (χ3n) is 2.01. The second kappa shape index (κ2) is 4.95. The molecule has 0 spiro atoms. The highest BCUT2D eigenvalue weighted by molar-refractivity contribution is 5.96. The highest BCUT2D eigenvalue weighted by Crippen LogP contribution is 2.30. The molecule has 0 aliphatic rings. The lowest BCUT2D eigenvalue weighted by atomic mass is 10.0. The number of hydrogen-bond acceptors (Lipinski definition) is 2. The molecule has 6 heteroatoms. The largest absolute Gasteiger partial charge is 0.416 e. The van der Waals surface area contributed by atoms with E-state index in [1.54, 1.807) is 6.07 Å². The lowest BCUT2D eigenvalue weighted by Gasteiger charge is -2.08. The van der Waals surface area contributed by atoms with E-state index in [0.717, 1.165) is 6.07 Å². The van der Waals surface area contributed by atoms with E-state index in [9.17, 15) is 22.4 Å². The Labute approximate surface area is 94.5 Å². The van der Waals surface area contributed by atoms with Gasteiger partial charge in [0.1, 0.15) is 5.82 Å². The highest BCUT2D eigenvalue weighted by Gasteiger charge is 2.31. The molecule has 0 saturated carbocycles. The molecular weight excluding hydrogens is 238 g/mol. The molecule has 0 atom stereocenters. The number of nitriles is 1. The number of hydrogen-bond donors (Lipinski definition) is 0. The molecule has 0 unspecified atom stereocenters. The fourth-order valence-electron chi connectivity index (χ4n) is 1.23. The Bertz CT molecular complexity index is 473. The minimum Gasteiger partial charge on any atom is -0.294 e. The van der Waals surface area contributed by atoms with E-state index in [0.29, 0.717) is 12.1 Å². The molecule has 1 aromatic rings. The monoisotopic (exact) mass is 245 g/mol. The van der Waals surface area contributed by atoms with Gasteiger partial charge in [0.05, 0.1) is 11.6 Å². The molecule has 0 aliphatic heterocycles. The van der Waals surface area contributed by atoms with Crippen LogP contribution in [-0.2, 0) is 6.18 Å². The average Bonchev–Trinajstić information content (AvgIpc) is 2.23. The first kappa shape index (κ1) is 13.2. The van der Waals surface area contributed by atoms with E-state index in [1.807, 2.05) is 0 Å². The lowest BCUT2D eigenvalue weighted by Crippen LogP contribution is -2.08. The Kier molecular flexibility index (Phi) is 3.84. The molecule has 0 aromatic heterocycles. The van der Waals surface area contributed by atoms with Gasteiger partial charge >= 0.3 is 6.18 Å². The molecule has 0 saturated heterocycles. The van der Waals surface area contributed by atoms with Crippen LogP contribution in [0, 0.1) is 17.1 Å².